The summed E-state index contributed by atoms with van der Waals surface area (Å²) in [6.45, 7) is 4.79. The van der Waals surface area contributed by atoms with E-state index >= 15 is 0 Å². The molecule has 0 saturated carbocycles. The fourth-order valence-corrected chi connectivity index (χ4v) is 6.03. The molecule has 0 radical (unpaired) electrons. The zero-order chi connectivity index (χ0) is 24.1. The molecule has 1 aromatic heterocycles. The monoisotopic (exact) mass is 488 g/mol. The van der Waals surface area contributed by atoms with Crippen LogP contribution < -0.4 is 0 Å². The van der Waals surface area contributed by atoms with Gasteiger partial charge in [0, 0.05) is 24.7 Å². The Kier molecular flexibility index (Phi) is 5.76. The second-order valence-corrected chi connectivity index (χ2v) is 9.46. The molecule has 2 unspecified atom stereocenters. The van der Waals surface area contributed by atoms with Crippen molar-refractivity contribution < 1.29 is 27.9 Å². The van der Waals surface area contributed by atoms with Gasteiger partial charge in [0.1, 0.15) is 16.6 Å². The molecule has 2 aromatic rings. The minimum atomic E-state index is -1.21. The van der Waals surface area contributed by atoms with Crippen molar-refractivity contribution in [3.63, 3.8) is 0 Å². The standard InChI is InChI=1S/C23H22F2N4O4S/c1-3-12(13-6-5-11(24)7-15(13)25)21-26-27-22(34-21)14-8-29-17-10-33-9-16(17)28(4-2)23(32)18(29)20(31)19(14)30/h5-8,12,16-18H,3-4,9-10H2,1-2H3/t12?,16-,17+,18?/m0/s1. The maximum absolute atomic E-state index is 14.4. The van der Waals surface area contributed by atoms with E-state index in [1.807, 2.05) is 13.8 Å². The predicted molar refractivity (Wildman–Crippen MR) is 118 cm³/mol. The summed E-state index contributed by atoms with van der Waals surface area (Å²) in [4.78, 5) is 42.3. The number of hydrogen-bond donors (Lipinski definition) is 0. The minimum absolute atomic E-state index is 0.0582. The first-order valence-electron chi connectivity index (χ1n) is 11.1. The second-order valence-electron chi connectivity index (χ2n) is 8.45. The van der Waals surface area contributed by atoms with Gasteiger partial charge in [0.2, 0.25) is 11.6 Å². The average molecular weight is 489 g/mol. The first kappa shape index (κ1) is 22.7. The second kappa shape index (κ2) is 8.62. The quantitative estimate of drug-likeness (QED) is 0.470. The third-order valence-electron chi connectivity index (χ3n) is 6.67. The largest absolute Gasteiger partial charge is 0.377 e. The van der Waals surface area contributed by atoms with Crippen molar-refractivity contribution in [3.05, 3.63) is 51.6 Å². The molecule has 3 aliphatic rings. The Balaban J connectivity index is 1.51. The van der Waals surface area contributed by atoms with Gasteiger partial charge in [-0.1, -0.05) is 24.3 Å². The summed E-state index contributed by atoms with van der Waals surface area (Å²) < 4.78 is 33.4. The van der Waals surface area contributed by atoms with Crippen LogP contribution in [0, 0.1) is 11.6 Å². The summed E-state index contributed by atoms with van der Waals surface area (Å²) in [6, 6.07) is 1.71. The number of carbonyl (C=O) groups excluding carboxylic acids is 3. The number of aromatic nitrogens is 2. The third kappa shape index (κ3) is 3.45. The summed E-state index contributed by atoms with van der Waals surface area (Å²) in [6.07, 6.45) is 2.00. The Bertz CT molecular complexity index is 1220. The van der Waals surface area contributed by atoms with Crippen molar-refractivity contribution in [2.45, 2.75) is 44.3 Å². The molecule has 5 rings (SSSR count). The molecule has 0 bridgehead atoms. The fourth-order valence-electron chi connectivity index (χ4n) is 4.97. The molecule has 4 atom stereocenters. The summed E-state index contributed by atoms with van der Waals surface area (Å²) in [7, 11) is 0. The van der Waals surface area contributed by atoms with Crippen LogP contribution in [0.3, 0.4) is 0 Å². The minimum Gasteiger partial charge on any atom is -0.377 e. The lowest BCUT2D eigenvalue weighted by molar-refractivity contribution is -0.154. The molecule has 8 nitrogen and oxygen atoms in total. The van der Waals surface area contributed by atoms with Crippen molar-refractivity contribution in [1.82, 2.24) is 20.0 Å². The van der Waals surface area contributed by atoms with Crippen molar-refractivity contribution in [2.75, 3.05) is 19.8 Å². The zero-order valence-electron chi connectivity index (χ0n) is 18.5. The number of rotatable bonds is 5. The van der Waals surface area contributed by atoms with E-state index in [1.165, 1.54) is 18.3 Å². The fraction of sp³-hybridized carbons (Fsp3) is 0.435. The Morgan fingerprint density at radius 3 is 2.62 bits per heavy atom. The Labute approximate surface area is 198 Å². The molecular weight excluding hydrogens is 466 g/mol. The van der Waals surface area contributed by atoms with E-state index in [4.69, 9.17) is 4.74 Å². The molecule has 2 fully saturated rings. The molecule has 1 aromatic carbocycles. The Morgan fingerprint density at radius 2 is 1.91 bits per heavy atom. The number of ketones is 2. The smallest absolute Gasteiger partial charge is 0.253 e. The molecule has 34 heavy (non-hydrogen) atoms. The predicted octanol–water partition coefficient (Wildman–Crippen LogP) is 2.15. The highest BCUT2D eigenvalue weighted by Crippen LogP contribution is 2.37. The normalized spacial score (nSPS) is 25.4. The molecule has 2 saturated heterocycles. The molecule has 0 N–H and O–H groups in total. The molecule has 0 spiro atoms. The van der Waals surface area contributed by atoms with Crippen molar-refractivity contribution in [2.24, 2.45) is 0 Å². The SMILES string of the molecule is CCC(c1nnc(C2=CN3C(C(=O)C2=O)C(=O)N(CC)[C@H]2COC[C@H]23)s1)c1ccc(F)cc1F. The number of likely N-dealkylation sites (N-methyl/N-ethyl adjacent to an activating group) is 1. The summed E-state index contributed by atoms with van der Waals surface area (Å²) in [5, 5.41) is 8.94. The molecule has 4 heterocycles. The van der Waals surface area contributed by atoms with Crippen molar-refractivity contribution in [3.8, 4) is 0 Å². The number of benzene rings is 1. The van der Waals surface area contributed by atoms with Gasteiger partial charge in [0.25, 0.3) is 5.91 Å². The van der Waals surface area contributed by atoms with Gasteiger partial charge in [0.15, 0.2) is 11.0 Å². The lowest BCUT2D eigenvalue weighted by Crippen LogP contribution is -2.68. The summed E-state index contributed by atoms with van der Waals surface area (Å²) in [5.41, 5.74) is 0.335. The van der Waals surface area contributed by atoms with Crippen LogP contribution in [0.4, 0.5) is 8.78 Å². The highest BCUT2D eigenvalue weighted by atomic mass is 32.1. The molecule has 3 aliphatic heterocycles. The highest BCUT2D eigenvalue weighted by Gasteiger charge is 2.54. The number of nitrogens with zero attached hydrogens (tertiary/aromatic N) is 4. The van der Waals surface area contributed by atoms with Crippen LogP contribution >= 0.6 is 11.3 Å². The van der Waals surface area contributed by atoms with Gasteiger partial charge in [-0.3, -0.25) is 14.4 Å². The number of halogens is 2. The number of carbonyl (C=O) groups is 3. The van der Waals surface area contributed by atoms with Crippen molar-refractivity contribution in [1.29, 1.82) is 0 Å². The molecule has 0 aliphatic carbocycles. The summed E-state index contributed by atoms with van der Waals surface area (Å²) >= 11 is 1.08. The van der Waals surface area contributed by atoms with E-state index in [2.05, 4.69) is 10.2 Å². The van der Waals surface area contributed by atoms with Gasteiger partial charge >= 0.3 is 0 Å². The van der Waals surface area contributed by atoms with Crippen LogP contribution in [0.25, 0.3) is 5.57 Å². The van der Waals surface area contributed by atoms with Gasteiger partial charge in [-0.05, 0) is 25.0 Å². The van der Waals surface area contributed by atoms with Crippen LogP contribution in [0.15, 0.2) is 24.4 Å². The third-order valence-corrected chi connectivity index (χ3v) is 7.74. The van der Waals surface area contributed by atoms with Gasteiger partial charge in [-0.15, -0.1) is 10.2 Å². The van der Waals surface area contributed by atoms with Crippen LogP contribution in [0.5, 0.6) is 0 Å². The molecular formula is C23H22F2N4O4S. The van der Waals surface area contributed by atoms with Crippen LogP contribution in [-0.4, -0.2) is 75.4 Å². The van der Waals surface area contributed by atoms with E-state index in [0.29, 0.717) is 31.2 Å². The Hall–Kier alpha value is -3.05. The van der Waals surface area contributed by atoms with Gasteiger partial charge in [-0.25, -0.2) is 8.78 Å². The number of hydrogen-bond acceptors (Lipinski definition) is 8. The van der Waals surface area contributed by atoms with Crippen LogP contribution in [-0.2, 0) is 19.1 Å². The number of Topliss-reactive ketones (excluding diaryl/α,β-unsaturated/α-hetero) is 2. The van der Waals surface area contributed by atoms with Gasteiger partial charge in [-0.2, -0.15) is 0 Å². The van der Waals surface area contributed by atoms with E-state index in [-0.39, 0.29) is 28.2 Å². The number of fused-ring (bicyclic) bond motifs is 3. The summed E-state index contributed by atoms with van der Waals surface area (Å²) in [5.74, 6) is -3.86. The Morgan fingerprint density at radius 1 is 1.15 bits per heavy atom. The van der Waals surface area contributed by atoms with E-state index in [9.17, 15) is 23.2 Å². The lowest BCUT2D eigenvalue weighted by Gasteiger charge is -2.47. The molecule has 178 valence electrons. The molecule has 11 heteroatoms. The van der Waals surface area contributed by atoms with E-state index in [1.54, 1.807) is 9.80 Å². The maximum Gasteiger partial charge on any atom is 0.253 e. The zero-order valence-corrected chi connectivity index (χ0v) is 19.3. The van der Waals surface area contributed by atoms with Crippen LogP contribution in [0.2, 0.25) is 0 Å². The number of allylic oxidation sites excluding steroid dienone is 1. The average Bonchev–Trinajstić information content (AvgIpc) is 3.48. The number of ether oxygens (including phenoxy) is 1. The first-order chi connectivity index (χ1) is 16.3. The number of amides is 1. The first-order valence-corrected chi connectivity index (χ1v) is 11.9. The lowest BCUT2D eigenvalue weighted by atomic mass is 9.90. The maximum atomic E-state index is 14.4. The number of piperazine rings is 1. The van der Waals surface area contributed by atoms with E-state index < -0.39 is 41.1 Å². The molecule has 1 amide bonds. The van der Waals surface area contributed by atoms with Crippen LogP contribution in [0.1, 0.15) is 41.8 Å². The van der Waals surface area contributed by atoms with Gasteiger partial charge < -0.3 is 14.5 Å². The van der Waals surface area contributed by atoms with Gasteiger partial charge in [0.05, 0.1) is 30.9 Å². The van der Waals surface area contributed by atoms with Crippen molar-refractivity contribution >= 4 is 34.4 Å². The highest BCUT2D eigenvalue weighted by molar-refractivity contribution is 7.13. The van der Waals surface area contributed by atoms with E-state index in [0.717, 1.165) is 17.4 Å². The topological polar surface area (TPSA) is 92.7 Å².